The average molecular weight is 260 g/mol. The molecule has 0 saturated carbocycles. The third-order valence-electron chi connectivity index (χ3n) is 2.05. The number of rotatable bonds is 2. The summed E-state index contributed by atoms with van der Waals surface area (Å²) in [6.07, 6.45) is -0.921. The molecule has 0 atom stereocenters. The molecule has 0 fully saturated rings. The Morgan fingerprint density at radius 2 is 1.47 bits per heavy atom. The highest BCUT2D eigenvalue weighted by molar-refractivity contribution is 7.16. The Bertz CT molecular complexity index is 437. The number of hydrogen-bond acceptors (Lipinski definition) is 6. The SMILES string of the molecule is O=C(O)c1sc(C(=O)O)c2c1OCC(O)CO2. The van der Waals surface area contributed by atoms with E-state index >= 15 is 0 Å². The maximum Gasteiger partial charge on any atom is 0.349 e. The Morgan fingerprint density at radius 3 is 1.82 bits per heavy atom. The molecule has 0 aromatic carbocycles. The van der Waals surface area contributed by atoms with Crippen molar-refractivity contribution < 1.29 is 34.4 Å². The quantitative estimate of drug-likeness (QED) is 0.699. The largest absolute Gasteiger partial charge is 0.485 e. The van der Waals surface area contributed by atoms with Crippen LogP contribution in [0.1, 0.15) is 19.3 Å². The van der Waals surface area contributed by atoms with Crippen LogP contribution in [0.25, 0.3) is 0 Å². The molecular formula is C9H8O7S. The van der Waals surface area contributed by atoms with E-state index in [1.54, 1.807) is 0 Å². The van der Waals surface area contributed by atoms with Gasteiger partial charge in [-0.1, -0.05) is 0 Å². The van der Waals surface area contributed by atoms with Gasteiger partial charge in [-0.2, -0.15) is 0 Å². The Hall–Kier alpha value is -1.80. The Labute approximate surface area is 98.8 Å². The summed E-state index contributed by atoms with van der Waals surface area (Å²) >= 11 is 0.571. The standard InChI is InChI=1S/C9H8O7S/c10-3-1-15-4-5(16-2-3)7(9(13)14)17-6(4)8(11)12/h3,10H,1-2H2,(H,11,12)(H,13,14). The van der Waals surface area contributed by atoms with Gasteiger partial charge in [0.1, 0.15) is 19.3 Å². The first-order valence-corrected chi connectivity index (χ1v) is 5.39. The molecule has 0 saturated heterocycles. The zero-order chi connectivity index (χ0) is 12.6. The van der Waals surface area contributed by atoms with Crippen molar-refractivity contribution in [2.75, 3.05) is 13.2 Å². The summed E-state index contributed by atoms with van der Waals surface area (Å²) in [5, 5.41) is 27.1. The van der Waals surface area contributed by atoms with Crippen molar-refractivity contribution in [2.45, 2.75) is 6.10 Å². The predicted molar refractivity (Wildman–Crippen MR) is 55.2 cm³/mol. The summed E-state index contributed by atoms with van der Waals surface area (Å²) < 4.78 is 10.2. The number of aromatic carboxylic acids is 2. The van der Waals surface area contributed by atoms with Gasteiger partial charge in [-0.3, -0.25) is 0 Å². The van der Waals surface area contributed by atoms with Crippen LogP contribution in [0.4, 0.5) is 0 Å². The van der Waals surface area contributed by atoms with Crippen molar-refractivity contribution in [3.05, 3.63) is 9.75 Å². The maximum absolute atomic E-state index is 10.9. The second-order valence-electron chi connectivity index (χ2n) is 3.30. The van der Waals surface area contributed by atoms with Crippen LogP contribution in [0.5, 0.6) is 11.5 Å². The lowest BCUT2D eigenvalue weighted by molar-refractivity contribution is 0.0682. The van der Waals surface area contributed by atoms with Crippen LogP contribution in [-0.4, -0.2) is 46.6 Å². The maximum atomic E-state index is 10.9. The molecule has 3 N–H and O–H groups in total. The Balaban J connectivity index is 2.53. The van der Waals surface area contributed by atoms with E-state index in [0.717, 1.165) is 0 Å². The first-order chi connectivity index (χ1) is 8.00. The van der Waals surface area contributed by atoms with E-state index in [-0.39, 0.29) is 34.5 Å². The van der Waals surface area contributed by atoms with E-state index in [4.69, 9.17) is 19.7 Å². The van der Waals surface area contributed by atoms with Gasteiger partial charge in [0, 0.05) is 0 Å². The first kappa shape index (κ1) is 11.7. The van der Waals surface area contributed by atoms with Crippen LogP contribution in [0.15, 0.2) is 0 Å². The third-order valence-corrected chi connectivity index (χ3v) is 3.18. The molecule has 0 amide bonds. The van der Waals surface area contributed by atoms with Gasteiger partial charge in [0.15, 0.2) is 21.3 Å². The average Bonchev–Trinajstić information content (AvgIpc) is 2.52. The summed E-state index contributed by atoms with van der Waals surface area (Å²) in [6.45, 7) is -0.272. The number of carboxylic acids is 2. The molecule has 2 heterocycles. The molecular weight excluding hydrogens is 252 g/mol. The molecule has 17 heavy (non-hydrogen) atoms. The third kappa shape index (κ3) is 2.04. The lowest BCUT2D eigenvalue weighted by Crippen LogP contribution is -2.22. The van der Waals surface area contributed by atoms with Gasteiger partial charge < -0.3 is 24.8 Å². The number of ether oxygens (including phenoxy) is 2. The number of carboxylic acid groups (broad SMARTS) is 2. The number of aliphatic hydroxyl groups excluding tert-OH is 1. The number of thiophene rings is 1. The van der Waals surface area contributed by atoms with Crippen molar-refractivity contribution in [1.29, 1.82) is 0 Å². The fraction of sp³-hybridized carbons (Fsp3) is 0.333. The molecule has 7 nitrogen and oxygen atoms in total. The lowest BCUT2D eigenvalue weighted by Gasteiger charge is -2.05. The van der Waals surface area contributed by atoms with Crippen molar-refractivity contribution >= 4 is 23.3 Å². The minimum absolute atomic E-state index is 0.128. The molecule has 1 aromatic rings. The molecule has 92 valence electrons. The fourth-order valence-electron chi connectivity index (χ4n) is 1.35. The number of carbonyl (C=O) groups is 2. The summed E-state index contributed by atoms with van der Waals surface area (Å²) in [5.74, 6) is -2.84. The molecule has 1 aliphatic rings. The van der Waals surface area contributed by atoms with E-state index in [1.165, 1.54) is 0 Å². The Kier molecular flexibility index (Phi) is 2.90. The van der Waals surface area contributed by atoms with Gasteiger partial charge in [0.05, 0.1) is 0 Å². The van der Waals surface area contributed by atoms with Crippen LogP contribution in [-0.2, 0) is 0 Å². The molecule has 2 rings (SSSR count). The Morgan fingerprint density at radius 1 is 1.06 bits per heavy atom. The minimum Gasteiger partial charge on any atom is -0.485 e. The molecule has 0 aliphatic carbocycles. The topological polar surface area (TPSA) is 113 Å². The molecule has 1 aliphatic heterocycles. The minimum atomic E-state index is -1.29. The van der Waals surface area contributed by atoms with Gasteiger partial charge in [-0.05, 0) is 0 Å². The van der Waals surface area contributed by atoms with Gasteiger partial charge in [-0.25, -0.2) is 9.59 Å². The first-order valence-electron chi connectivity index (χ1n) is 4.57. The van der Waals surface area contributed by atoms with E-state index in [2.05, 4.69) is 0 Å². The van der Waals surface area contributed by atoms with E-state index in [0.29, 0.717) is 11.3 Å². The van der Waals surface area contributed by atoms with Gasteiger partial charge >= 0.3 is 11.9 Å². The lowest BCUT2D eigenvalue weighted by atomic mass is 10.3. The monoisotopic (exact) mass is 260 g/mol. The summed E-state index contributed by atoms with van der Waals surface area (Å²) in [6, 6.07) is 0. The van der Waals surface area contributed by atoms with Crippen molar-refractivity contribution in [3.8, 4) is 11.5 Å². The second-order valence-corrected chi connectivity index (χ2v) is 4.33. The van der Waals surface area contributed by atoms with Gasteiger partial charge in [-0.15, -0.1) is 11.3 Å². The molecule has 1 aromatic heterocycles. The van der Waals surface area contributed by atoms with E-state index in [9.17, 15) is 14.7 Å². The fourth-order valence-corrected chi connectivity index (χ4v) is 2.22. The van der Waals surface area contributed by atoms with Crippen LogP contribution in [0.2, 0.25) is 0 Å². The highest BCUT2D eigenvalue weighted by Crippen LogP contribution is 2.43. The van der Waals surface area contributed by atoms with Crippen molar-refractivity contribution in [2.24, 2.45) is 0 Å². The van der Waals surface area contributed by atoms with Gasteiger partial charge in [0.2, 0.25) is 0 Å². The molecule has 0 radical (unpaired) electrons. The second kappa shape index (κ2) is 4.22. The molecule has 0 unspecified atom stereocenters. The summed E-state index contributed by atoms with van der Waals surface area (Å²) in [5.41, 5.74) is 0. The number of hydrogen-bond donors (Lipinski definition) is 3. The molecule has 8 heteroatoms. The molecule has 0 bridgehead atoms. The number of fused-ring (bicyclic) bond motifs is 1. The van der Waals surface area contributed by atoms with Crippen LogP contribution < -0.4 is 9.47 Å². The highest BCUT2D eigenvalue weighted by atomic mass is 32.1. The highest BCUT2D eigenvalue weighted by Gasteiger charge is 2.31. The zero-order valence-corrected chi connectivity index (χ0v) is 9.19. The smallest absolute Gasteiger partial charge is 0.349 e. The van der Waals surface area contributed by atoms with Crippen molar-refractivity contribution in [1.82, 2.24) is 0 Å². The van der Waals surface area contributed by atoms with Crippen molar-refractivity contribution in [3.63, 3.8) is 0 Å². The van der Waals surface area contributed by atoms with Crippen LogP contribution in [0.3, 0.4) is 0 Å². The van der Waals surface area contributed by atoms with E-state index < -0.39 is 18.0 Å². The van der Waals surface area contributed by atoms with Crippen LogP contribution in [0, 0.1) is 0 Å². The normalized spacial score (nSPS) is 15.4. The van der Waals surface area contributed by atoms with Gasteiger partial charge in [0.25, 0.3) is 0 Å². The zero-order valence-electron chi connectivity index (χ0n) is 8.37. The van der Waals surface area contributed by atoms with E-state index in [1.807, 2.05) is 0 Å². The summed E-state index contributed by atoms with van der Waals surface area (Å²) in [7, 11) is 0. The number of aliphatic hydroxyl groups is 1. The summed E-state index contributed by atoms with van der Waals surface area (Å²) in [4.78, 5) is 21.4. The molecule has 0 spiro atoms. The van der Waals surface area contributed by atoms with Crippen LogP contribution >= 0.6 is 11.3 Å². The predicted octanol–water partition coefficient (Wildman–Crippen LogP) is 0.277.